The molecule has 1 amide bonds. The number of nitrogens with two attached hydrogens (primary N) is 1. The van der Waals surface area contributed by atoms with Crippen LogP contribution in [0.3, 0.4) is 0 Å². The van der Waals surface area contributed by atoms with Gasteiger partial charge in [0, 0.05) is 17.4 Å². The predicted octanol–water partition coefficient (Wildman–Crippen LogP) is 2.88. The van der Waals surface area contributed by atoms with E-state index in [9.17, 15) is 4.79 Å². The number of amides is 1. The summed E-state index contributed by atoms with van der Waals surface area (Å²) in [5.74, 6) is 0.0512. The minimum atomic E-state index is -0.286. The van der Waals surface area contributed by atoms with Crippen molar-refractivity contribution in [1.29, 1.82) is 0 Å². The van der Waals surface area contributed by atoms with Gasteiger partial charge in [-0.05, 0) is 42.8 Å². The fourth-order valence-corrected chi connectivity index (χ4v) is 1.77. The molecule has 1 aromatic heterocycles. The summed E-state index contributed by atoms with van der Waals surface area (Å²) in [5, 5.41) is 3.04. The quantitative estimate of drug-likeness (QED) is 0.817. The molecule has 0 radical (unpaired) electrons. The molecular weight excluding hydrogens is 250 g/mol. The zero-order valence-corrected chi connectivity index (χ0v) is 10.5. The molecule has 0 aliphatic carbocycles. The second-order valence-corrected chi connectivity index (χ2v) is 4.33. The van der Waals surface area contributed by atoms with E-state index in [-0.39, 0.29) is 5.91 Å². The smallest absolute Gasteiger partial charge is 0.256 e. The van der Waals surface area contributed by atoms with Crippen LogP contribution in [0.1, 0.15) is 15.9 Å². The van der Waals surface area contributed by atoms with E-state index in [1.807, 2.05) is 6.92 Å². The highest BCUT2D eigenvalue weighted by Crippen LogP contribution is 2.19. The van der Waals surface area contributed by atoms with Gasteiger partial charge in [0.2, 0.25) is 0 Å². The Labute approximate surface area is 110 Å². The van der Waals surface area contributed by atoms with Crippen LogP contribution in [0.5, 0.6) is 0 Å². The molecule has 0 saturated carbocycles. The molecule has 1 heterocycles. The van der Waals surface area contributed by atoms with Gasteiger partial charge in [-0.15, -0.1) is 0 Å². The van der Waals surface area contributed by atoms with Crippen molar-refractivity contribution < 1.29 is 4.79 Å². The van der Waals surface area contributed by atoms with E-state index in [0.717, 1.165) is 5.56 Å². The Hall–Kier alpha value is -2.07. The van der Waals surface area contributed by atoms with Crippen LogP contribution in [-0.4, -0.2) is 10.9 Å². The third-order valence-corrected chi connectivity index (χ3v) is 2.66. The molecule has 3 N–H and O–H groups in total. The van der Waals surface area contributed by atoms with Gasteiger partial charge in [0.25, 0.3) is 5.91 Å². The molecule has 92 valence electrons. The molecule has 0 aliphatic heterocycles. The molecule has 18 heavy (non-hydrogen) atoms. The molecule has 4 nitrogen and oxygen atoms in total. The number of carbonyl (C=O) groups is 1. The number of nitrogens with one attached hydrogen (secondary N) is 1. The van der Waals surface area contributed by atoms with Gasteiger partial charge >= 0.3 is 0 Å². The van der Waals surface area contributed by atoms with Gasteiger partial charge < -0.3 is 11.1 Å². The van der Waals surface area contributed by atoms with E-state index in [0.29, 0.717) is 22.1 Å². The summed E-state index contributed by atoms with van der Waals surface area (Å²) in [6.07, 6.45) is 1.56. The van der Waals surface area contributed by atoms with E-state index in [4.69, 9.17) is 17.3 Å². The first kappa shape index (κ1) is 12.4. The Morgan fingerprint density at radius 2 is 2.17 bits per heavy atom. The molecule has 0 spiro atoms. The fraction of sp³-hybridized carbons (Fsp3) is 0.0769. The van der Waals surface area contributed by atoms with Crippen molar-refractivity contribution in [2.24, 2.45) is 0 Å². The first-order chi connectivity index (χ1) is 8.56. The topological polar surface area (TPSA) is 68.0 Å². The van der Waals surface area contributed by atoms with Gasteiger partial charge in [-0.2, -0.15) is 0 Å². The Balaban J connectivity index is 2.25. The molecule has 0 unspecified atom stereocenters. The molecule has 5 heteroatoms. The summed E-state index contributed by atoms with van der Waals surface area (Å²) < 4.78 is 0. The average molecular weight is 262 g/mol. The van der Waals surface area contributed by atoms with Gasteiger partial charge in [0.05, 0.1) is 5.02 Å². The van der Waals surface area contributed by atoms with Crippen LogP contribution < -0.4 is 11.1 Å². The third kappa shape index (κ3) is 2.78. The number of pyridine rings is 1. The maximum atomic E-state index is 12.0. The van der Waals surface area contributed by atoms with Crippen LogP contribution in [0.15, 0.2) is 36.5 Å². The van der Waals surface area contributed by atoms with Crippen LogP contribution in [0.25, 0.3) is 0 Å². The highest BCUT2D eigenvalue weighted by atomic mass is 35.5. The van der Waals surface area contributed by atoms with Gasteiger partial charge in [0.1, 0.15) is 0 Å². The van der Waals surface area contributed by atoms with Crippen molar-refractivity contribution in [3.05, 3.63) is 52.7 Å². The fourth-order valence-electron chi connectivity index (χ4n) is 1.60. The summed E-state index contributed by atoms with van der Waals surface area (Å²) in [6.45, 7) is 1.88. The molecule has 0 saturated heterocycles. The molecule has 0 atom stereocenters. The zero-order chi connectivity index (χ0) is 13.1. The van der Waals surface area contributed by atoms with Crippen LogP contribution in [-0.2, 0) is 0 Å². The zero-order valence-electron chi connectivity index (χ0n) is 9.77. The minimum Gasteiger partial charge on any atom is -0.399 e. The normalized spacial score (nSPS) is 10.1. The van der Waals surface area contributed by atoms with E-state index in [1.54, 1.807) is 36.5 Å². The van der Waals surface area contributed by atoms with Crippen molar-refractivity contribution in [1.82, 2.24) is 4.98 Å². The SMILES string of the molecule is Cc1cc(N)cc(C(=O)Nc2ncccc2Cl)c1. The third-order valence-electron chi connectivity index (χ3n) is 2.35. The lowest BCUT2D eigenvalue weighted by Crippen LogP contribution is -2.13. The maximum absolute atomic E-state index is 12.0. The van der Waals surface area contributed by atoms with E-state index in [1.165, 1.54) is 0 Å². The number of halogens is 1. The Kier molecular flexibility index (Phi) is 3.48. The van der Waals surface area contributed by atoms with E-state index in [2.05, 4.69) is 10.3 Å². The Morgan fingerprint density at radius 1 is 1.39 bits per heavy atom. The first-order valence-electron chi connectivity index (χ1n) is 5.35. The standard InChI is InChI=1S/C13H12ClN3O/c1-8-5-9(7-10(15)6-8)13(18)17-12-11(14)3-2-4-16-12/h2-7H,15H2,1H3,(H,16,17,18). The highest BCUT2D eigenvalue weighted by Gasteiger charge is 2.10. The summed E-state index contributed by atoms with van der Waals surface area (Å²) in [5.41, 5.74) is 7.65. The van der Waals surface area contributed by atoms with Crippen molar-refractivity contribution in [3.63, 3.8) is 0 Å². The maximum Gasteiger partial charge on any atom is 0.256 e. The van der Waals surface area contributed by atoms with E-state index < -0.39 is 0 Å². The summed E-state index contributed by atoms with van der Waals surface area (Å²) >= 11 is 5.92. The number of benzene rings is 1. The van der Waals surface area contributed by atoms with Crippen LogP contribution in [0.4, 0.5) is 11.5 Å². The lowest BCUT2D eigenvalue weighted by molar-refractivity contribution is 0.102. The second-order valence-electron chi connectivity index (χ2n) is 3.92. The molecule has 0 bridgehead atoms. The molecule has 0 aliphatic rings. The number of carbonyl (C=O) groups excluding carboxylic acids is 1. The number of nitrogen functional groups attached to an aromatic ring is 1. The van der Waals surface area contributed by atoms with Gasteiger partial charge in [-0.1, -0.05) is 11.6 Å². The van der Waals surface area contributed by atoms with Crippen molar-refractivity contribution in [3.8, 4) is 0 Å². The lowest BCUT2D eigenvalue weighted by atomic mass is 10.1. The average Bonchev–Trinajstić information content (AvgIpc) is 2.31. The number of anilines is 2. The molecule has 1 aromatic carbocycles. The van der Waals surface area contributed by atoms with Gasteiger partial charge in [-0.3, -0.25) is 4.79 Å². The number of aryl methyl sites for hydroxylation is 1. The Morgan fingerprint density at radius 3 is 2.83 bits per heavy atom. The second kappa shape index (κ2) is 5.06. The monoisotopic (exact) mass is 261 g/mol. The predicted molar refractivity (Wildman–Crippen MR) is 72.8 cm³/mol. The number of rotatable bonds is 2. The van der Waals surface area contributed by atoms with Gasteiger partial charge in [0.15, 0.2) is 5.82 Å². The summed E-state index contributed by atoms with van der Waals surface area (Å²) in [6, 6.07) is 8.52. The highest BCUT2D eigenvalue weighted by molar-refractivity contribution is 6.33. The van der Waals surface area contributed by atoms with Crippen molar-refractivity contribution >= 4 is 29.0 Å². The molecule has 0 fully saturated rings. The van der Waals surface area contributed by atoms with Crippen molar-refractivity contribution in [2.75, 3.05) is 11.1 Å². The molecular formula is C13H12ClN3O. The minimum absolute atomic E-state index is 0.286. The lowest BCUT2D eigenvalue weighted by Gasteiger charge is -2.07. The van der Waals surface area contributed by atoms with E-state index >= 15 is 0 Å². The summed E-state index contributed by atoms with van der Waals surface area (Å²) in [4.78, 5) is 16.0. The first-order valence-corrected chi connectivity index (χ1v) is 5.73. The number of hydrogen-bond acceptors (Lipinski definition) is 3. The van der Waals surface area contributed by atoms with Crippen LogP contribution >= 0.6 is 11.6 Å². The van der Waals surface area contributed by atoms with Crippen molar-refractivity contribution in [2.45, 2.75) is 6.92 Å². The van der Waals surface area contributed by atoms with Crippen LogP contribution in [0.2, 0.25) is 5.02 Å². The van der Waals surface area contributed by atoms with Crippen LogP contribution in [0, 0.1) is 6.92 Å². The Bertz CT molecular complexity index is 578. The summed E-state index contributed by atoms with van der Waals surface area (Å²) in [7, 11) is 0. The van der Waals surface area contributed by atoms with Gasteiger partial charge in [-0.25, -0.2) is 4.98 Å². The largest absolute Gasteiger partial charge is 0.399 e. The molecule has 2 aromatic rings. The number of nitrogens with zero attached hydrogens (tertiary/aromatic N) is 1. The number of hydrogen-bond donors (Lipinski definition) is 2. The molecule has 2 rings (SSSR count). The number of aromatic nitrogens is 1.